The van der Waals surface area contributed by atoms with Gasteiger partial charge >= 0.3 is 0 Å². The van der Waals surface area contributed by atoms with E-state index >= 15 is 0 Å². The molecule has 94 valence electrons. The lowest BCUT2D eigenvalue weighted by Gasteiger charge is -2.29. The van der Waals surface area contributed by atoms with Crippen molar-refractivity contribution in [1.82, 2.24) is 5.32 Å². The molecule has 0 saturated carbocycles. The van der Waals surface area contributed by atoms with E-state index in [1.165, 1.54) is 5.56 Å². The molecule has 0 atom stereocenters. The van der Waals surface area contributed by atoms with Crippen molar-refractivity contribution in [1.29, 1.82) is 0 Å². The number of ether oxygens (including phenoxy) is 2. The highest BCUT2D eigenvalue weighted by atomic mass is 16.5. The first-order valence-corrected chi connectivity index (χ1v) is 5.99. The van der Waals surface area contributed by atoms with Crippen LogP contribution < -0.4 is 15.4 Å². The zero-order chi connectivity index (χ0) is 12.1. The highest BCUT2D eigenvalue weighted by Gasteiger charge is 2.17. The van der Waals surface area contributed by atoms with E-state index < -0.39 is 0 Å². The topological polar surface area (TPSA) is 42.5 Å². The number of nitrogens with one attached hydrogen (secondary N) is 2. The van der Waals surface area contributed by atoms with E-state index in [0.29, 0.717) is 19.3 Å². The summed E-state index contributed by atoms with van der Waals surface area (Å²) < 4.78 is 10.7. The van der Waals surface area contributed by atoms with Crippen LogP contribution in [0.5, 0.6) is 5.75 Å². The lowest BCUT2D eigenvalue weighted by atomic mass is 10.1. The Hall–Kier alpha value is -1.26. The van der Waals surface area contributed by atoms with E-state index in [4.69, 9.17) is 9.47 Å². The Bertz CT molecular complexity index is 364. The Morgan fingerprint density at radius 2 is 2.18 bits per heavy atom. The number of hydrogen-bond donors (Lipinski definition) is 2. The molecular formula is C13H20N2O2. The summed E-state index contributed by atoms with van der Waals surface area (Å²) in [7, 11) is 1.68. The first-order chi connectivity index (χ1) is 8.29. The van der Waals surface area contributed by atoms with Gasteiger partial charge in [0.25, 0.3) is 0 Å². The van der Waals surface area contributed by atoms with Crippen LogP contribution in [0.3, 0.4) is 0 Å². The minimum absolute atomic E-state index is 0.516. The van der Waals surface area contributed by atoms with Gasteiger partial charge in [-0.2, -0.15) is 0 Å². The standard InChI is InChI=1S/C13H20N2O2/c1-10-3-4-12(15-11-8-14-9-11)13(7-10)17-6-5-16-2/h3-4,7,11,14-15H,5-6,8-9H2,1-2H3. The lowest BCUT2D eigenvalue weighted by Crippen LogP contribution is -2.51. The minimum Gasteiger partial charge on any atom is -0.489 e. The third-order valence-corrected chi connectivity index (χ3v) is 2.82. The highest BCUT2D eigenvalue weighted by molar-refractivity contribution is 5.58. The van der Waals surface area contributed by atoms with Gasteiger partial charge in [0.1, 0.15) is 12.4 Å². The summed E-state index contributed by atoms with van der Waals surface area (Å²) in [6.45, 7) is 5.30. The van der Waals surface area contributed by atoms with Crippen LogP contribution in [0.25, 0.3) is 0 Å². The second kappa shape index (κ2) is 5.89. The average molecular weight is 236 g/mol. The van der Waals surface area contributed by atoms with Gasteiger partial charge in [-0.25, -0.2) is 0 Å². The van der Waals surface area contributed by atoms with Crippen LogP contribution in [0.1, 0.15) is 5.56 Å². The van der Waals surface area contributed by atoms with E-state index in [2.05, 4.69) is 35.8 Å². The molecule has 1 aliphatic rings. The minimum atomic E-state index is 0.516. The van der Waals surface area contributed by atoms with Crippen molar-refractivity contribution in [3.05, 3.63) is 23.8 Å². The van der Waals surface area contributed by atoms with Gasteiger partial charge < -0.3 is 20.1 Å². The number of methoxy groups -OCH3 is 1. The molecule has 0 radical (unpaired) electrons. The fourth-order valence-corrected chi connectivity index (χ4v) is 1.71. The van der Waals surface area contributed by atoms with E-state index in [0.717, 1.165) is 24.5 Å². The first-order valence-electron chi connectivity index (χ1n) is 5.99. The molecule has 4 nitrogen and oxygen atoms in total. The van der Waals surface area contributed by atoms with E-state index in [1.54, 1.807) is 7.11 Å². The zero-order valence-corrected chi connectivity index (χ0v) is 10.5. The van der Waals surface area contributed by atoms with E-state index in [1.807, 2.05) is 0 Å². The molecule has 1 aromatic rings. The SMILES string of the molecule is COCCOc1cc(C)ccc1NC1CNC1. The monoisotopic (exact) mass is 236 g/mol. The molecule has 2 rings (SSSR count). The molecule has 1 aromatic carbocycles. The summed E-state index contributed by atoms with van der Waals surface area (Å²) in [4.78, 5) is 0. The van der Waals surface area contributed by atoms with Crippen molar-refractivity contribution in [2.24, 2.45) is 0 Å². The molecule has 0 aromatic heterocycles. The number of aryl methyl sites for hydroxylation is 1. The Morgan fingerprint density at radius 1 is 1.35 bits per heavy atom. The summed E-state index contributed by atoms with van der Waals surface area (Å²) in [5.74, 6) is 0.911. The first kappa shape index (κ1) is 12.2. The van der Waals surface area contributed by atoms with Gasteiger partial charge in [-0.3, -0.25) is 0 Å². The smallest absolute Gasteiger partial charge is 0.142 e. The van der Waals surface area contributed by atoms with E-state index in [9.17, 15) is 0 Å². The van der Waals surface area contributed by atoms with Crippen molar-refractivity contribution in [2.45, 2.75) is 13.0 Å². The summed E-state index contributed by atoms with van der Waals surface area (Å²) in [6, 6.07) is 6.75. The van der Waals surface area contributed by atoms with Gasteiger partial charge in [-0.1, -0.05) is 6.07 Å². The second-order valence-electron chi connectivity index (χ2n) is 4.34. The van der Waals surface area contributed by atoms with Crippen LogP contribution in [0.4, 0.5) is 5.69 Å². The van der Waals surface area contributed by atoms with Crippen molar-refractivity contribution in [2.75, 3.05) is 38.7 Å². The maximum absolute atomic E-state index is 5.72. The number of rotatable bonds is 6. The second-order valence-corrected chi connectivity index (χ2v) is 4.34. The molecule has 0 amide bonds. The fourth-order valence-electron chi connectivity index (χ4n) is 1.71. The molecule has 1 heterocycles. The largest absolute Gasteiger partial charge is 0.489 e. The molecule has 0 aliphatic carbocycles. The number of benzene rings is 1. The van der Waals surface area contributed by atoms with Gasteiger partial charge in [0.2, 0.25) is 0 Å². The third-order valence-electron chi connectivity index (χ3n) is 2.82. The Labute approximate surface area is 102 Å². The predicted molar refractivity (Wildman–Crippen MR) is 68.8 cm³/mol. The maximum atomic E-state index is 5.72. The highest BCUT2D eigenvalue weighted by Crippen LogP contribution is 2.26. The molecule has 1 saturated heterocycles. The van der Waals surface area contributed by atoms with Crippen LogP contribution in [0.15, 0.2) is 18.2 Å². The Kier molecular flexibility index (Phi) is 4.23. The van der Waals surface area contributed by atoms with Gasteiger partial charge in [0, 0.05) is 20.2 Å². The van der Waals surface area contributed by atoms with Crippen LogP contribution in [-0.2, 0) is 4.74 Å². The summed E-state index contributed by atoms with van der Waals surface area (Å²) >= 11 is 0. The van der Waals surface area contributed by atoms with Crippen LogP contribution >= 0.6 is 0 Å². The van der Waals surface area contributed by atoms with Crippen LogP contribution in [0, 0.1) is 6.92 Å². The maximum Gasteiger partial charge on any atom is 0.142 e. The third kappa shape index (κ3) is 3.35. The van der Waals surface area contributed by atoms with Crippen molar-refractivity contribution >= 4 is 5.69 Å². The molecule has 2 N–H and O–H groups in total. The number of hydrogen-bond acceptors (Lipinski definition) is 4. The lowest BCUT2D eigenvalue weighted by molar-refractivity contribution is 0.146. The van der Waals surface area contributed by atoms with E-state index in [-0.39, 0.29) is 0 Å². The van der Waals surface area contributed by atoms with Crippen molar-refractivity contribution in [3.8, 4) is 5.75 Å². The summed E-state index contributed by atoms with van der Waals surface area (Å²) in [6.07, 6.45) is 0. The Balaban J connectivity index is 2.00. The molecular weight excluding hydrogens is 216 g/mol. The molecule has 0 spiro atoms. The summed E-state index contributed by atoms with van der Waals surface area (Å²) in [5.41, 5.74) is 2.27. The normalized spacial score (nSPS) is 15.4. The molecule has 17 heavy (non-hydrogen) atoms. The summed E-state index contributed by atoms with van der Waals surface area (Å²) in [5, 5.41) is 6.71. The van der Waals surface area contributed by atoms with Crippen LogP contribution in [-0.4, -0.2) is 39.5 Å². The Morgan fingerprint density at radius 3 is 2.82 bits per heavy atom. The molecule has 4 heteroatoms. The zero-order valence-electron chi connectivity index (χ0n) is 10.5. The quantitative estimate of drug-likeness (QED) is 0.733. The van der Waals surface area contributed by atoms with Gasteiger partial charge in [-0.05, 0) is 24.6 Å². The molecule has 1 aliphatic heterocycles. The fraction of sp³-hybridized carbons (Fsp3) is 0.538. The molecule has 0 unspecified atom stereocenters. The van der Waals surface area contributed by atoms with Crippen molar-refractivity contribution in [3.63, 3.8) is 0 Å². The van der Waals surface area contributed by atoms with Gasteiger partial charge in [-0.15, -0.1) is 0 Å². The van der Waals surface area contributed by atoms with Crippen molar-refractivity contribution < 1.29 is 9.47 Å². The predicted octanol–water partition coefficient (Wildman–Crippen LogP) is 1.40. The van der Waals surface area contributed by atoms with Gasteiger partial charge in [0.05, 0.1) is 18.3 Å². The number of anilines is 1. The average Bonchev–Trinajstić information content (AvgIpc) is 2.26. The molecule has 1 fully saturated rings. The van der Waals surface area contributed by atoms with Gasteiger partial charge in [0.15, 0.2) is 0 Å². The molecule has 0 bridgehead atoms. The van der Waals surface area contributed by atoms with Crippen LogP contribution in [0.2, 0.25) is 0 Å².